The van der Waals surface area contributed by atoms with Crippen LogP contribution in [0.2, 0.25) is 0 Å². The number of hydrogen-bond acceptors (Lipinski definition) is 6. The number of aryl methyl sites for hydroxylation is 1. The summed E-state index contributed by atoms with van der Waals surface area (Å²) in [7, 11) is 0. The first kappa shape index (κ1) is 12.4. The molecule has 1 aromatic heterocycles. The average molecular weight is 263 g/mol. The minimum atomic E-state index is 0.361. The zero-order valence-electron chi connectivity index (χ0n) is 9.84. The van der Waals surface area contributed by atoms with Gasteiger partial charge in [-0.05, 0) is 24.6 Å². The summed E-state index contributed by atoms with van der Waals surface area (Å²) in [6.07, 6.45) is 0. The molecule has 6 heteroatoms. The van der Waals surface area contributed by atoms with E-state index in [1.165, 1.54) is 11.3 Å². The van der Waals surface area contributed by atoms with Crippen molar-refractivity contribution in [2.45, 2.75) is 13.5 Å². The zero-order valence-corrected chi connectivity index (χ0v) is 10.7. The lowest BCUT2D eigenvalue weighted by molar-refractivity contribution is -0.120. The number of aromatic nitrogens is 1. The molecule has 0 saturated heterocycles. The third kappa shape index (κ3) is 2.98. The summed E-state index contributed by atoms with van der Waals surface area (Å²) in [5, 5.41) is 4.10. The van der Waals surface area contributed by atoms with Gasteiger partial charge < -0.3 is 15.8 Å². The predicted octanol–water partition coefficient (Wildman–Crippen LogP) is 2.18. The fourth-order valence-electron chi connectivity index (χ4n) is 1.55. The number of nitrogen functional groups attached to an aromatic ring is 1. The fourth-order valence-corrected chi connectivity index (χ4v) is 2.20. The standard InChI is InChI=1S/C7H7N.C5H6N2O2S/c1-2-6-4-7(3-1)8-5-6;1-3-4(9-2-8)10-5(6)7-3/h1-4,8H,5H2;2H,1H3,(H2,6,7). The maximum absolute atomic E-state index is 9.85. The van der Waals surface area contributed by atoms with Crippen molar-refractivity contribution in [3.63, 3.8) is 0 Å². The molecule has 3 N–H and O–H groups in total. The molecule has 2 aromatic rings. The molecule has 18 heavy (non-hydrogen) atoms. The topological polar surface area (TPSA) is 77.2 Å². The van der Waals surface area contributed by atoms with Crippen molar-refractivity contribution in [3.8, 4) is 5.06 Å². The van der Waals surface area contributed by atoms with Crippen LogP contribution in [0.5, 0.6) is 5.06 Å². The van der Waals surface area contributed by atoms with Gasteiger partial charge in [-0.25, -0.2) is 4.98 Å². The number of hydrogen-bond donors (Lipinski definition) is 2. The minimum absolute atomic E-state index is 0.361. The maximum atomic E-state index is 9.85. The van der Waals surface area contributed by atoms with Gasteiger partial charge in [0.15, 0.2) is 5.13 Å². The van der Waals surface area contributed by atoms with Crippen LogP contribution in [-0.4, -0.2) is 11.5 Å². The molecule has 5 nitrogen and oxygen atoms in total. The van der Waals surface area contributed by atoms with E-state index >= 15 is 0 Å². The van der Waals surface area contributed by atoms with Crippen molar-refractivity contribution in [2.75, 3.05) is 11.1 Å². The molecule has 0 fully saturated rings. The van der Waals surface area contributed by atoms with Crippen LogP contribution in [0.15, 0.2) is 24.3 Å². The van der Waals surface area contributed by atoms with Crippen molar-refractivity contribution in [1.29, 1.82) is 0 Å². The number of carbonyl (C=O) groups excluding carboxylic acids is 1. The second-order valence-corrected chi connectivity index (χ2v) is 4.69. The molecule has 0 unspecified atom stereocenters. The summed E-state index contributed by atoms with van der Waals surface area (Å²) in [6.45, 7) is 3.11. The van der Waals surface area contributed by atoms with Crippen LogP contribution in [0.3, 0.4) is 0 Å². The Kier molecular flexibility index (Phi) is 3.78. The first-order chi connectivity index (χ1) is 8.69. The molecule has 0 atom stereocenters. The smallest absolute Gasteiger partial charge is 0.299 e. The first-order valence-electron chi connectivity index (χ1n) is 5.35. The summed E-state index contributed by atoms with van der Waals surface area (Å²) >= 11 is 1.15. The molecule has 0 aliphatic carbocycles. The van der Waals surface area contributed by atoms with Crippen molar-refractivity contribution in [2.24, 2.45) is 0 Å². The van der Waals surface area contributed by atoms with Crippen molar-refractivity contribution in [1.82, 2.24) is 4.98 Å². The Morgan fingerprint density at radius 1 is 1.56 bits per heavy atom. The summed E-state index contributed by atoms with van der Waals surface area (Å²) in [5.74, 6) is 0. The van der Waals surface area contributed by atoms with E-state index in [-0.39, 0.29) is 0 Å². The molecule has 1 aliphatic heterocycles. The molecule has 0 amide bonds. The van der Waals surface area contributed by atoms with E-state index in [2.05, 4.69) is 39.3 Å². The predicted molar refractivity (Wildman–Crippen MR) is 71.7 cm³/mol. The van der Waals surface area contributed by atoms with Gasteiger partial charge in [-0.15, -0.1) is 0 Å². The summed E-state index contributed by atoms with van der Waals surface area (Å²) in [6, 6.07) is 8.45. The lowest BCUT2D eigenvalue weighted by Gasteiger charge is -1.88. The molecule has 94 valence electrons. The Labute approximate surface area is 109 Å². The van der Waals surface area contributed by atoms with Gasteiger partial charge in [0, 0.05) is 12.2 Å². The number of benzene rings is 1. The largest absolute Gasteiger partial charge is 0.416 e. The summed E-state index contributed by atoms with van der Waals surface area (Å²) in [4.78, 5) is 13.7. The molecular weight excluding hydrogens is 250 g/mol. The molecule has 1 aromatic carbocycles. The highest BCUT2D eigenvalue weighted by atomic mass is 32.1. The minimum Gasteiger partial charge on any atom is -0.416 e. The van der Waals surface area contributed by atoms with Crippen LogP contribution in [0, 0.1) is 6.92 Å². The number of ether oxygens (including phenoxy) is 1. The average Bonchev–Trinajstić information content (AvgIpc) is 2.84. The second-order valence-electron chi connectivity index (χ2n) is 3.69. The van der Waals surface area contributed by atoms with Gasteiger partial charge in [-0.3, -0.25) is 4.79 Å². The molecule has 1 aliphatic rings. The molecule has 0 radical (unpaired) electrons. The highest BCUT2D eigenvalue weighted by molar-refractivity contribution is 7.17. The number of nitrogens with zero attached hydrogens (tertiary/aromatic N) is 1. The lowest BCUT2D eigenvalue weighted by Crippen LogP contribution is -1.86. The van der Waals surface area contributed by atoms with Gasteiger partial charge in [0.1, 0.15) is 0 Å². The van der Waals surface area contributed by atoms with Crippen LogP contribution >= 0.6 is 11.3 Å². The first-order valence-corrected chi connectivity index (χ1v) is 6.16. The highest BCUT2D eigenvalue weighted by Crippen LogP contribution is 2.27. The number of carbonyl (C=O) groups is 1. The van der Waals surface area contributed by atoms with Gasteiger partial charge in [-0.2, -0.15) is 0 Å². The van der Waals surface area contributed by atoms with Crippen LogP contribution < -0.4 is 15.8 Å². The Morgan fingerprint density at radius 3 is 2.94 bits per heavy atom. The highest BCUT2D eigenvalue weighted by Gasteiger charge is 2.04. The van der Waals surface area contributed by atoms with Gasteiger partial charge >= 0.3 is 0 Å². The number of nitrogens with one attached hydrogen (secondary N) is 1. The normalized spacial score (nSPS) is 11.2. The molecule has 2 bridgehead atoms. The Hall–Kier alpha value is -2.08. The van der Waals surface area contributed by atoms with Crippen LogP contribution in [0.4, 0.5) is 10.8 Å². The van der Waals surface area contributed by atoms with Crippen LogP contribution in [0.1, 0.15) is 11.3 Å². The van der Waals surface area contributed by atoms with Crippen molar-refractivity contribution >= 4 is 28.6 Å². The molecule has 3 rings (SSSR count). The fraction of sp³-hybridized carbons (Fsp3) is 0.167. The van der Waals surface area contributed by atoms with E-state index in [9.17, 15) is 4.79 Å². The van der Waals surface area contributed by atoms with E-state index in [1.54, 1.807) is 6.92 Å². The SMILES string of the molecule is Cc1nc(N)sc1OC=O.c1cc2cc(c1)NC2. The van der Waals surface area contributed by atoms with Crippen molar-refractivity contribution in [3.05, 3.63) is 35.5 Å². The number of anilines is 2. The number of thiazole rings is 1. The van der Waals surface area contributed by atoms with E-state index in [1.807, 2.05) is 0 Å². The third-order valence-electron chi connectivity index (χ3n) is 2.35. The number of nitrogens with two attached hydrogens (primary N) is 1. The number of fused-ring (bicyclic) bond motifs is 2. The van der Waals surface area contributed by atoms with E-state index in [0.717, 1.165) is 17.9 Å². The lowest BCUT2D eigenvalue weighted by atomic mass is 10.2. The Morgan fingerprint density at radius 2 is 2.39 bits per heavy atom. The monoisotopic (exact) mass is 263 g/mol. The van der Waals surface area contributed by atoms with E-state index < -0.39 is 0 Å². The molecule has 2 heterocycles. The van der Waals surface area contributed by atoms with Gasteiger partial charge in [-0.1, -0.05) is 23.5 Å². The van der Waals surface area contributed by atoms with Crippen LogP contribution in [-0.2, 0) is 11.3 Å². The summed E-state index contributed by atoms with van der Waals surface area (Å²) in [5.41, 5.74) is 8.61. The second kappa shape index (κ2) is 5.50. The molecule has 0 saturated carbocycles. The molecule has 0 spiro atoms. The van der Waals surface area contributed by atoms with Gasteiger partial charge in [0.2, 0.25) is 5.06 Å². The Bertz CT molecular complexity index is 535. The van der Waals surface area contributed by atoms with Gasteiger partial charge in [0.05, 0.1) is 5.69 Å². The zero-order chi connectivity index (χ0) is 13.0. The number of rotatable bonds is 2. The third-order valence-corrected chi connectivity index (χ3v) is 3.23. The van der Waals surface area contributed by atoms with Crippen molar-refractivity contribution < 1.29 is 9.53 Å². The molecular formula is C12H13N3O2S. The maximum Gasteiger partial charge on any atom is 0.299 e. The Balaban J connectivity index is 0.000000136. The van der Waals surface area contributed by atoms with E-state index in [4.69, 9.17) is 5.73 Å². The summed E-state index contributed by atoms with van der Waals surface area (Å²) < 4.78 is 4.55. The quantitative estimate of drug-likeness (QED) is 0.812. The van der Waals surface area contributed by atoms with Crippen LogP contribution in [0.25, 0.3) is 0 Å². The van der Waals surface area contributed by atoms with Gasteiger partial charge in [0.25, 0.3) is 6.47 Å². The van der Waals surface area contributed by atoms with E-state index in [0.29, 0.717) is 22.4 Å².